The monoisotopic (exact) mass is 463 g/mol. The Kier molecular flexibility index (Phi) is 7.40. The van der Waals surface area contributed by atoms with E-state index in [1.54, 1.807) is 97.1 Å². The molecule has 4 aromatic rings. The van der Waals surface area contributed by atoms with Crippen molar-refractivity contribution in [3.05, 3.63) is 131 Å². The van der Waals surface area contributed by atoms with E-state index in [4.69, 9.17) is 4.74 Å². The van der Waals surface area contributed by atoms with Gasteiger partial charge in [0, 0.05) is 22.4 Å². The largest absolute Gasteiger partial charge is 0.422 e. The molecular weight excluding hydrogens is 442 g/mol. The van der Waals surface area contributed by atoms with Crippen LogP contribution in [0.25, 0.3) is 0 Å². The van der Waals surface area contributed by atoms with Gasteiger partial charge in [0.15, 0.2) is 0 Å². The molecule has 0 fully saturated rings. The summed E-state index contributed by atoms with van der Waals surface area (Å²) in [5.41, 5.74) is 4.87. The topological polar surface area (TPSA) is 96.9 Å². The summed E-state index contributed by atoms with van der Waals surface area (Å²) in [7, 11) is 0. The molecule has 35 heavy (non-hydrogen) atoms. The van der Waals surface area contributed by atoms with E-state index < -0.39 is 11.9 Å². The Morgan fingerprint density at radius 1 is 0.629 bits per heavy atom. The van der Waals surface area contributed by atoms with Gasteiger partial charge in [-0.1, -0.05) is 48.5 Å². The standard InChI is InChI=1S/C28H21N3O4/c32-26(20-9-3-1-4-10-20)30-24-17-15-21(16-18-24)27(33)31-29-19-23-13-7-8-14-25(23)35-28(34)22-11-5-2-6-12-22/h1-19H,(H,30,32)(H,31,33)/b29-19-. The summed E-state index contributed by atoms with van der Waals surface area (Å²) in [5, 5.41) is 6.76. The van der Waals surface area contributed by atoms with Gasteiger partial charge >= 0.3 is 5.97 Å². The Bertz CT molecular complexity index is 1350. The number of benzene rings is 4. The molecule has 0 unspecified atom stereocenters. The maximum Gasteiger partial charge on any atom is 0.343 e. The number of para-hydroxylation sites is 1. The van der Waals surface area contributed by atoms with Gasteiger partial charge in [0.1, 0.15) is 5.75 Å². The second-order valence-electron chi connectivity index (χ2n) is 7.39. The quantitative estimate of drug-likeness (QED) is 0.176. The highest BCUT2D eigenvalue weighted by Gasteiger charge is 2.11. The van der Waals surface area contributed by atoms with E-state index in [2.05, 4.69) is 15.8 Å². The number of esters is 1. The third kappa shape index (κ3) is 6.27. The Hall–Kier alpha value is -5.04. The second-order valence-corrected chi connectivity index (χ2v) is 7.39. The van der Waals surface area contributed by atoms with Crippen molar-refractivity contribution in [2.75, 3.05) is 5.32 Å². The Labute approximate surface area is 202 Å². The molecule has 0 radical (unpaired) electrons. The van der Waals surface area contributed by atoms with Crippen LogP contribution in [0.3, 0.4) is 0 Å². The van der Waals surface area contributed by atoms with E-state index in [-0.39, 0.29) is 5.91 Å². The van der Waals surface area contributed by atoms with Gasteiger partial charge in [-0.25, -0.2) is 10.2 Å². The van der Waals surface area contributed by atoms with Crippen LogP contribution in [0.1, 0.15) is 36.6 Å². The zero-order valence-corrected chi connectivity index (χ0v) is 18.5. The first-order valence-electron chi connectivity index (χ1n) is 10.8. The zero-order valence-electron chi connectivity index (χ0n) is 18.5. The molecule has 4 aromatic carbocycles. The van der Waals surface area contributed by atoms with Crippen molar-refractivity contribution in [1.29, 1.82) is 0 Å². The average molecular weight is 463 g/mol. The van der Waals surface area contributed by atoms with Gasteiger partial charge in [-0.3, -0.25) is 9.59 Å². The van der Waals surface area contributed by atoms with Crippen LogP contribution in [0.5, 0.6) is 5.75 Å². The predicted molar refractivity (Wildman–Crippen MR) is 134 cm³/mol. The number of hydrogen-bond donors (Lipinski definition) is 2. The van der Waals surface area contributed by atoms with Crippen LogP contribution in [0, 0.1) is 0 Å². The molecule has 7 heteroatoms. The summed E-state index contributed by atoms with van der Waals surface area (Å²) in [4.78, 5) is 37.0. The molecular formula is C28H21N3O4. The van der Waals surface area contributed by atoms with Gasteiger partial charge in [-0.2, -0.15) is 5.10 Å². The second kappa shape index (κ2) is 11.2. The lowest BCUT2D eigenvalue weighted by Gasteiger charge is -2.07. The molecule has 7 nitrogen and oxygen atoms in total. The fourth-order valence-electron chi connectivity index (χ4n) is 3.14. The van der Waals surface area contributed by atoms with Crippen molar-refractivity contribution < 1.29 is 19.1 Å². The number of hydrogen-bond acceptors (Lipinski definition) is 5. The van der Waals surface area contributed by atoms with E-state index in [1.165, 1.54) is 6.21 Å². The third-order valence-corrected chi connectivity index (χ3v) is 4.94. The van der Waals surface area contributed by atoms with E-state index in [1.807, 2.05) is 12.1 Å². The first kappa shape index (κ1) is 23.1. The molecule has 0 spiro atoms. The summed E-state index contributed by atoms with van der Waals surface area (Å²) in [5.74, 6) is -0.840. The van der Waals surface area contributed by atoms with Crippen molar-refractivity contribution in [1.82, 2.24) is 5.43 Å². The number of carbonyl (C=O) groups excluding carboxylic acids is 3. The lowest BCUT2D eigenvalue weighted by Crippen LogP contribution is -2.18. The van der Waals surface area contributed by atoms with E-state index in [0.29, 0.717) is 33.7 Å². The molecule has 0 saturated heterocycles. The van der Waals surface area contributed by atoms with Crippen LogP contribution >= 0.6 is 0 Å². The van der Waals surface area contributed by atoms with Crippen molar-refractivity contribution in [3.63, 3.8) is 0 Å². The number of nitrogens with one attached hydrogen (secondary N) is 2. The van der Waals surface area contributed by atoms with E-state index in [9.17, 15) is 14.4 Å². The molecule has 0 aliphatic heterocycles. The maximum absolute atomic E-state index is 12.4. The fourth-order valence-corrected chi connectivity index (χ4v) is 3.14. The first-order valence-corrected chi connectivity index (χ1v) is 10.8. The maximum atomic E-state index is 12.4. The van der Waals surface area contributed by atoms with E-state index in [0.717, 1.165) is 0 Å². The van der Waals surface area contributed by atoms with Crippen molar-refractivity contribution in [2.24, 2.45) is 5.10 Å². The number of anilines is 1. The predicted octanol–water partition coefficient (Wildman–Crippen LogP) is 4.92. The van der Waals surface area contributed by atoms with E-state index >= 15 is 0 Å². The van der Waals surface area contributed by atoms with Gasteiger partial charge < -0.3 is 10.1 Å². The van der Waals surface area contributed by atoms with Crippen molar-refractivity contribution >= 4 is 29.7 Å². The summed E-state index contributed by atoms with van der Waals surface area (Å²) >= 11 is 0. The van der Waals surface area contributed by atoms with Crippen LogP contribution < -0.4 is 15.5 Å². The van der Waals surface area contributed by atoms with Crippen LogP contribution in [-0.4, -0.2) is 24.0 Å². The number of rotatable bonds is 7. The lowest BCUT2D eigenvalue weighted by molar-refractivity contribution is 0.0734. The van der Waals surface area contributed by atoms with Gasteiger partial charge in [-0.05, 0) is 60.7 Å². The number of hydrazone groups is 1. The Morgan fingerprint density at radius 3 is 1.89 bits per heavy atom. The minimum Gasteiger partial charge on any atom is -0.422 e. The third-order valence-electron chi connectivity index (χ3n) is 4.94. The average Bonchev–Trinajstić information content (AvgIpc) is 2.91. The summed E-state index contributed by atoms with van der Waals surface area (Å²) in [6.07, 6.45) is 1.40. The molecule has 0 aliphatic carbocycles. The minimum atomic E-state index is -0.491. The number of nitrogens with zero attached hydrogens (tertiary/aromatic N) is 1. The normalized spacial score (nSPS) is 10.5. The molecule has 2 amide bonds. The van der Waals surface area contributed by atoms with Crippen LogP contribution in [-0.2, 0) is 0 Å². The highest BCUT2D eigenvalue weighted by Crippen LogP contribution is 2.18. The fraction of sp³-hybridized carbons (Fsp3) is 0. The smallest absolute Gasteiger partial charge is 0.343 e. The molecule has 172 valence electrons. The molecule has 2 N–H and O–H groups in total. The summed E-state index contributed by atoms with van der Waals surface area (Å²) in [6.45, 7) is 0. The summed E-state index contributed by atoms with van der Waals surface area (Å²) < 4.78 is 5.47. The Balaban J connectivity index is 1.35. The van der Waals surface area contributed by atoms with Gasteiger partial charge in [0.2, 0.25) is 0 Å². The van der Waals surface area contributed by atoms with Gasteiger partial charge in [0.25, 0.3) is 11.8 Å². The highest BCUT2D eigenvalue weighted by molar-refractivity contribution is 6.04. The number of ether oxygens (including phenoxy) is 1. The summed E-state index contributed by atoms with van der Waals surface area (Å²) in [6, 6.07) is 30.8. The number of carbonyl (C=O) groups is 3. The molecule has 0 bridgehead atoms. The van der Waals surface area contributed by atoms with Gasteiger partial charge in [0.05, 0.1) is 11.8 Å². The highest BCUT2D eigenvalue weighted by atomic mass is 16.5. The SMILES string of the molecule is O=C(N/N=C\c1ccccc1OC(=O)c1ccccc1)c1ccc(NC(=O)c2ccccc2)cc1. The van der Waals surface area contributed by atoms with Crippen molar-refractivity contribution in [2.45, 2.75) is 0 Å². The molecule has 0 aliphatic rings. The molecule has 0 atom stereocenters. The molecule has 0 aromatic heterocycles. The zero-order chi connectivity index (χ0) is 24.5. The van der Waals surface area contributed by atoms with Crippen LogP contribution in [0.15, 0.2) is 114 Å². The first-order chi connectivity index (χ1) is 17.1. The number of amides is 2. The van der Waals surface area contributed by atoms with Crippen molar-refractivity contribution in [3.8, 4) is 5.75 Å². The van der Waals surface area contributed by atoms with Gasteiger partial charge in [-0.15, -0.1) is 0 Å². The minimum absolute atomic E-state index is 0.237. The lowest BCUT2D eigenvalue weighted by atomic mass is 10.1. The Morgan fingerprint density at radius 2 is 1.20 bits per heavy atom. The molecule has 4 rings (SSSR count). The molecule has 0 heterocycles. The molecule has 0 saturated carbocycles. The van der Waals surface area contributed by atoms with Crippen LogP contribution in [0.2, 0.25) is 0 Å². The van der Waals surface area contributed by atoms with Crippen LogP contribution in [0.4, 0.5) is 5.69 Å².